The lowest BCUT2D eigenvalue weighted by Crippen LogP contribution is -2.39. The third-order valence-corrected chi connectivity index (χ3v) is 5.38. The van der Waals surface area contributed by atoms with Gasteiger partial charge in [0.25, 0.3) is 5.56 Å². The highest BCUT2D eigenvalue weighted by molar-refractivity contribution is 8.00. The first kappa shape index (κ1) is 18.1. The van der Waals surface area contributed by atoms with E-state index in [9.17, 15) is 14.4 Å². The van der Waals surface area contributed by atoms with Gasteiger partial charge in [-0.3, -0.25) is 19.1 Å². The van der Waals surface area contributed by atoms with E-state index in [-0.39, 0.29) is 30.4 Å². The minimum Gasteiger partial charge on any atom is -0.360 e. The quantitative estimate of drug-likeness (QED) is 0.428. The number of nitrogens with zero attached hydrogens (tertiary/aromatic N) is 2. The van der Waals surface area contributed by atoms with Crippen LogP contribution in [0, 0.1) is 0 Å². The Balaban J connectivity index is 1.36. The first-order chi connectivity index (χ1) is 13.6. The monoisotopic (exact) mass is 395 g/mol. The van der Waals surface area contributed by atoms with Gasteiger partial charge in [-0.25, -0.2) is 9.78 Å². The number of pyridine rings is 1. The van der Waals surface area contributed by atoms with Crippen LogP contribution in [0.3, 0.4) is 0 Å². The van der Waals surface area contributed by atoms with Crippen molar-refractivity contribution in [1.29, 1.82) is 0 Å². The number of H-pyrrole nitrogens is 2. The van der Waals surface area contributed by atoms with E-state index < -0.39 is 11.2 Å². The summed E-state index contributed by atoms with van der Waals surface area (Å²) in [5.41, 5.74) is 0.315. The smallest absolute Gasteiger partial charge is 0.330 e. The van der Waals surface area contributed by atoms with Gasteiger partial charge in [-0.15, -0.1) is 11.8 Å². The van der Waals surface area contributed by atoms with Crippen molar-refractivity contribution in [1.82, 2.24) is 24.8 Å². The predicted octanol–water partition coefficient (Wildman–Crippen LogP) is 1.47. The molecule has 0 fully saturated rings. The lowest BCUT2D eigenvalue weighted by atomic mass is 10.2. The fourth-order valence-electron chi connectivity index (χ4n) is 2.95. The van der Waals surface area contributed by atoms with Crippen LogP contribution in [0.2, 0.25) is 0 Å². The van der Waals surface area contributed by atoms with Crippen LogP contribution < -0.4 is 16.6 Å². The minimum absolute atomic E-state index is 0.0858. The van der Waals surface area contributed by atoms with Crippen LogP contribution in [-0.2, 0) is 11.3 Å². The Hall–Kier alpha value is -3.33. The molecule has 142 valence electrons. The standard InChI is InChI=1S/C19H17N5O3S/c25-16(11-28-15-10-22-14-6-2-1-4-12(14)15)20-8-9-24-18(26)13-5-3-7-21-17(13)23-19(24)27/h1-7,10,22H,8-9,11H2,(H,20,25)(H,21,23,27). The summed E-state index contributed by atoms with van der Waals surface area (Å²) in [6.07, 6.45) is 3.39. The van der Waals surface area contributed by atoms with Gasteiger partial charge in [0.15, 0.2) is 0 Å². The molecule has 0 unspecified atom stereocenters. The van der Waals surface area contributed by atoms with Crippen molar-refractivity contribution in [3.8, 4) is 0 Å². The maximum Gasteiger partial charge on any atom is 0.330 e. The molecule has 0 spiro atoms. The van der Waals surface area contributed by atoms with Crippen LogP contribution in [0.1, 0.15) is 0 Å². The lowest BCUT2D eigenvalue weighted by molar-refractivity contribution is -0.118. The molecule has 1 aromatic carbocycles. The minimum atomic E-state index is -0.543. The van der Waals surface area contributed by atoms with Gasteiger partial charge < -0.3 is 10.3 Å². The number of carbonyl (C=O) groups is 1. The average Bonchev–Trinajstić information content (AvgIpc) is 3.12. The highest BCUT2D eigenvalue weighted by Gasteiger charge is 2.10. The van der Waals surface area contributed by atoms with Gasteiger partial charge in [0.05, 0.1) is 11.1 Å². The normalized spacial score (nSPS) is 11.1. The number of hydrogen-bond acceptors (Lipinski definition) is 5. The molecule has 8 nitrogen and oxygen atoms in total. The fraction of sp³-hybridized carbons (Fsp3) is 0.158. The number of amides is 1. The summed E-state index contributed by atoms with van der Waals surface area (Å²) in [5.74, 6) is 0.0802. The first-order valence-corrected chi connectivity index (χ1v) is 9.65. The third kappa shape index (κ3) is 3.56. The van der Waals surface area contributed by atoms with Crippen molar-refractivity contribution in [2.24, 2.45) is 0 Å². The Kier molecular flexibility index (Phi) is 4.98. The van der Waals surface area contributed by atoms with Crippen molar-refractivity contribution in [2.45, 2.75) is 11.4 Å². The molecule has 3 heterocycles. The van der Waals surface area contributed by atoms with Crippen LogP contribution in [0.25, 0.3) is 21.9 Å². The lowest BCUT2D eigenvalue weighted by Gasteiger charge is -2.07. The molecule has 0 aliphatic rings. The molecule has 4 rings (SSSR count). The number of benzene rings is 1. The SMILES string of the molecule is O=C(CSc1c[nH]c2ccccc12)NCCn1c(=O)[nH]c2ncccc2c1=O. The number of fused-ring (bicyclic) bond motifs is 2. The van der Waals surface area contributed by atoms with Crippen molar-refractivity contribution in [3.63, 3.8) is 0 Å². The Morgan fingerprint density at radius 1 is 1.14 bits per heavy atom. The van der Waals surface area contributed by atoms with Crippen LogP contribution in [-0.4, -0.2) is 37.7 Å². The van der Waals surface area contributed by atoms with Gasteiger partial charge in [-0.05, 0) is 18.2 Å². The van der Waals surface area contributed by atoms with Gasteiger partial charge >= 0.3 is 5.69 Å². The second-order valence-electron chi connectivity index (χ2n) is 6.12. The van der Waals surface area contributed by atoms with Crippen LogP contribution in [0.5, 0.6) is 0 Å². The molecule has 1 amide bonds. The van der Waals surface area contributed by atoms with E-state index in [1.807, 2.05) is 30.5 Å². The van der Waals surface area contributed by atoms with Gasteiger partial charge in [0.2, 0.25) is 5.91 Å². The summed E-state index contributed by atoms with van der Waals surface area (Å²) in [6.45, 7) is 0.268. The fourth-order valence-corrected chi connectivity index (χ4v) is 3.82. The summed E-state index contributed by atoms with van der Waals surface area (Å²) in [7, 11) is 0. The summed E-state index contributed by atoms with van der Waals surface area (Å²) >= 11 is 1.43. The second-order valence-corrected chi connectivity index (χ2v) is 7.14. The number of carbonyl (C=O) groups excluding carboxylic acids is 1. The van der Waals surface area contributed by atoms with Crippen molar-refractivity contribution in [3.05, 3.63) is 69.6 Å². The molecule has 3 aromatic heterocycles. The molecule has 3 N–H and O–H groups in total. The van der Waals surface area contributed by atoms with E-state index in [4.69, 9.17) is 0 Å². The van der Waals surface area contributed by atoms with E-state index in [0.717, 1.165) is 20.4 Å². The Labute approximate surface area is 163 Å². The van der Waals surface area contributed by atoms with Gasteiger partial charge in [0.1, 0.15) is 5.65 Å². The van der Waals surface area contributed by atoms with Gasteiger partial charge in [-0.1, -0.05) is 18.2 Å². The molecular formula is C19H17N5O3S. The zero-order valence-electron chi connectivity index (χ0n) is 14.8. The summed E-state index contributed by atoms with van der Waals surface area (Å²) in [6, 6.07) is 11.1. The molecular weight excluding hydrogens is 378 g/mol. The molecule has 0 saturated heterocycles. The molecule has 28 heavy (non-hydrogen) atoms. The molecule has 9 heteroatoms. The molecule has 0 saturated carbocycles. The number of rotatable bonds is 6. The number of aromatic amines is 2. The number of para-hydroxylation sites is 1. The van der Waals surface area contributed by atoms with Crippen LogP contribution in [0.4, 0.5) is 0 Å². The molecule has 0 radical (unpaired) electrons. The van der Waals surface area contributed by atoms with Crippen LogP contribution >= 0.6 is 11.8 Å². The van der Waals surface area contributed by atoms with E-state index in [1.165, 1.54) is 18.0 Å². The maximum absolute atomic E-state index is 12.4. The topological polar surface area (TPSA) is 113 Å². The van der Waals surface area contributed by atoms with Crippen molar-refractivity contribution < 1.29 is 4.79 Å². The van der Waals surface area contributed by atoms with E-state index in [2.05, 4.69) is 20.3 Å². The van der Waals surface area contributed by atoms with Crippen LogP contribution in [0.15, 0.2) is 63.3 Å². The van der Waals surface area contributed by atoms with E-state index in [0.29, 0.717) is 5.39 Å². The summed E-state index contributed by atoms with van der Waals surface area (Å²) in [5, 5.41) is 4.15. The highest BCUT2D eigenvalue weighted by atomic mass is 32.2. The third-order valence-electron chi connectivity index (χ3n) is 4.32. The zero-order chi connectivity index (χ0) is 19.5. The zero-order valence-corrected chi connectivity index (χ0v) is 15.6. The molecule has 0 aliphatic carbocycles. The highest BCUT2D eigenvalue weighted by Crippen LogP contribution is 2.27. The Morgan fingerprint density at radius 2 is 1.96 bits per heavy atom. The average molecular weight is 395 g/mol. The second kappa shape index (κ2) is 7.73. The number of aromatic nitrogens is 4. The molecule has 4 aromatic rings. The molecule has 0 aliphatic heterocycles. The van der Waals surface area contributed by atoms with Crippen molar-refractivity contribution >= 4 is 39.6 Å². The molecule has 0 bridgehead atoms. The first-order valence-electron chi connectivity index (χ1n) is 8.67. The predicted molar refractivity (Wildman–Crippen MR) is 109 cm³/mol. The Morgan fingerprint density at radius 3 is 2.86 bits per heavy atom. The van der Waals surface area contributed by atoms with E-state index in [1.54, 1.807) is 12.1 Å². The number of thioether (sulfide) groups is 1. The molecule has 0 atom stereocenters. The van der Waals surface area contributed by atoms with Gasteiger partial charge in [0, 0.05) is 41.3 Å². The Bertz CT molecular complexity index is 1270. The largest absolute Gasteiger partial charge is 0.360 e. The number of nitrogens with one attached hydrogen (secondary N) is 3. The summed E-state index contributed by atoms with van der Waals surface area (Å²) in [4.78, 5) is 47.3. The number of hydrogen-bond donors (Lipinski definition) is 3. The summed E-state index contributed by atoms with van der Waals surface area (Å²) < 4.78 is 1.07. The van der Waals surface area contributed by atoms with E-state index >= 15 is 0 Å². The van der Waals surface area contributed by atoms with Crippen molar-refractivity contribution in [2.75, 3.05) is 12.3 Å². The maximum atomic E-state index is 12.4. The van der Waals surface area contributed by atoms with Gasteiger partial charge in [-0.2, -0.15) is 0 Å².